The van der Waals surface area contributed by atoms with E-state index in [0.717, 1.165) is 22.2 Å². The van der Waals surface area contributed by atoms with Crippen molar-refractivity contribution < 1.29 is 19.2 Å². The average Bonchev–Trinajstić information content (AvgIpc) is 3.30. The Morgan fingerprint density at radius 2 is 2.00 bits per heavy atom. The first-order valence-electron chi connectivity index (χ1n) is 11.3. The monoisotopic (exact) mass is 459 g/mol. The van der Waals surface area contributed by atoms with Crippen molar-refractivity contribution in [2.45, 2.75) is 52.2 Å². The molecular weight excluding hydrogens is 434 g/mol. The van der Waals surface area contributed by atoms with Gasteiger partial charge in [-0.15, -0.1) is 0 Å². The minimum atomic E-state index is -0.671. The molecule has 3 aromatic rings. The number of imide groups is 1. The normalized spacial score (nSPS) is 17.9. The first-order valence-corrected chi connectivity index (χ1v) is 11.3. The summed E-state index contributed by atoms with van der Waals surface area (Å²) in [6.45, 7) is 6.41. The molecule has 1 fully saturated rings. The second kappa shape index (κ2) is 8.09. The fourth-order valence-corrected chi connectivity index (χ4v) is 4.67. The number of amides is 4. The lowest BCUT2D eigenvalue weighted by molar-refractivity contribution is -0.136. The van der Waals surface area contributed by atoms with Gasteiger partial charge in [-0.25, -0.2) is 4.98 Å². The summed E-state index contributed by atoms with van der Waals surface area (Å²) >= 11 is 0. The minimum Gasteiger partial charge on any atom is -0.330 e. The number of aromatic nitrogens is 2. The standard InChI is InChI=1S/C25H25N5O4/c1-13(2)29-11-14(3)19-9-15(10-26-22(19)29)23(32)27-17-4-5-18-16(8-17)12-30(25(18)34)20-6-7-21(31)28-24(20)33/h4-5,8-11,13,20H,6-7,12H2,1-3H3,(H,27,32)(H,28,31,33). The first-order chi connectivity index (χ1) is 16.2. The second-order valence-corrected chi connectivity index (χ2v) is 9.13. The largest absolute Gasteiger partial charge is 0.330 e. The number of aryl methyl sites for hydroxylation is 1. The lowest BCUT2D eigenvalue weighted by atomic mass is 10.0. The number of hydrogen-bond donors (Lipinski definition) is 2. The molecule has 9 nitrogen and oxygen atoms in total. The highest BCUT2D eigenvalue weighted by Gasteiger charge is 2.39. The summed E-state index contributed by atoms with van der Waals surface area (Å²) in [4.78, 5) is 55.5. The Labute approximate surface area is 196 Å². The molecule has 0 spiro atoms. The van der Waals surface area contributed by atoms with E-state index >= 15 is 0 Å². The van der Waals surface area contributed by atoms with E-state index in [9.17, 15) is 19.2 Å². The number of piperidine rings is 1. The van der Waals surface area contributed by atoms with E-state index in [-0.39, 0.29) is 36.7 Å². The van der Waals surface area contributed by atoms with Gasteiger partial charge in [0.1, 0.15) is 11.7 Å². The van der Waals surface area contributed by atoms with Gasteiger partial charge >= 0.3 is 0 Å². The van der Waals surface area contributed by atoms with Crippen LogP contribution < -0.4 is 10.6 Å². The van der Waals surface area contributed by atoms with Crippen LogP contribution in [-0.4, -0.2) is 44.1 Å². The minimum absolute atomic E-state index is 0.205. The first kappa shape index (κ1) is 21.8. The Hall–Kier alpha value is -4.01. The molecule has 5 rings (SSSR count). The maximum absolute atomic E-state index is 12.9. The van der Waals surface area contributed by atoms with E-state index in [1.165, 1.54) is 4.90 Å². The number of hydrogen-bond acceptors (Lipinski definition) is 5. The van der Waals surface area contributed by atoms with Gasteiger partial charge in [0.2, 0.25) is 11.8 Å². The zero-order valence-corrected chi connectivity index (χ0v) is 19.2. The second-order valence-electron chi connectivity index (χ2n) is 9.13. The van der Waals surface area contributed by atoms with E-state index in [4.69, 9.17) is 0 Å². The van der Waals surface area contributed by atoms with Gasteiger partial charge in [0.25, 0.3) is 11.8 Å². The quantitative estimate of drug-likeness (QED) is 0.583. The van der Waals surface area contributed by atoms with Gasteiger partial charge in [-0.05, 0) is 62.6 Å². The van der Waals surface area contributed by atoms with Crippen molar-refractivity contribution in [1.29, 1.82) is 0 Å². The summed E-state index contributed by atoms with van der Waals surface area (Å²) in [6.07, 6.45) is 4.12. The highest BCUT2D eigenvalue weighted by molar-refractivity contribution is 6.07. The Morgan fingerprint density at radius 3 is 2.74 bits per heavy atom. The molecule has 34 heavy (non-hydrogen) atoms. The fourth-order valence-electron chi connectivity index (χ4n) is 4.67. The smallest absolute Gasteiger partial charge is 0.257 e. The molecule has 2 N–H and O–H groups in total. The van der Waals surface area contributed by atoms with Crippen LogP contribution in [0.2, 0.25) is 0 Å². The van der Waals surface area contributed by atoms with E-state index in [0.29, 0.717) is 23.2 Å². The third-order valence-corrected chi connectivity index (χ3v) is 6.47. The topological polar surface area (TPSA) is 113 Å². The molecule has 1 saturated heterocycles. The molecule has 0 aliphatic carbocycles. The van der Waals surface area contributed by atoms with Crippen molar-refractivity contribution in [3.05, 3.63) is 58.9 Å². The Balaban J connectivity index is 1.35. The van der Waals surface area contributed by atoms with Gasteiger partial charge in [-0.2, -0.15) is 0 Å². The molecule has 2 aliphatic rings. The van der Waals surface area contributed by atoms with Gasteiger partial charge in [0.15, 0.2) is 0 Å². The molecule has 4 heterocycles. The molecule has 2 aromatic heterocycles. The highest BCUT2D eigenvalue weighted by atomic mass is 16.2. The number of pyridine rings is 1. The van der Waals surface area contributed by atoms with E-state index in [2.05, 4.69) is 34.0 Å². The number of rotatable bonds is 4. The van der Waals surface area contributed by atoms with Crippen LogP contribution in [0.25, 0.3) is 11.0 Å². The summed E-state index contributed by atoms with van der Waals surface area (Å²) in [6, 6.07) is 6.52. The average molecular weight is 460 g/mol. The number of benzene rings is 1. The predicted molar refractivity (Wildman–Crippen MR) is 125 cm³/mol. The van der Waals surface area contributed by atoms with Crippen molar-refractivity contribution >= 4 is 40.3 Å². The number of fused-ring (bicyclic) bond motifs is 2. The molecule has 0 saturated carbocycles. The van der Waals surface area contributed by atoms with Gasteiger partial charge in [0, 0.05) is 48.0 Å². The number of carbonyl (C=O) groups excluding carboxylic acids is 4. The maximum Gasteiger partial charge on any atom is 0.257 e. The van der Waals surface area contributed by atoms with Crippen LogP contribution in [0.4, 0.5) is 5.69 Å². The zero-order chi connectivity index (χ0) is 24.1. The Kier molecular flexibility index (Phi) is 5.19. The van der Waals surface area contributed by atoms with Crippen molar-refractivity contribution in [2.24, 2.45) is 0 Å². The van der Waals surface area contributed by atoms with Crippen LogP contribution >= 0.6 is 0 Å². The lowest BCUT2D eigenvalue weighted by Crippen LogP contribution is -2.52. The molecule has 2 aliphatic heterocycles. The third-order valence-electron chi connectivity index (χ3n) is 6.47. The molecule has 1 unspecified atom stereocenters. The van der Waals surface area contributed by atoms with Gasteiger partial charge < -0.3 is 14.8 Å². The summed E-state index contributed by atoms with van der Waals surface area (Å²) in [5.41, 5.74) is 4.11. The van der Waals surface area contributed by atoms with Crippen LogP contribution in [0.1, 0.15) is 64.6 Å². The van der Waals surface area contributed by atoms with Crippen molar-refractivity contribution in [3.8, 4) is 0 Å². The van der Waals surface area contributed by atoms with Gasteiger partial charge in [0.05, 0.1) is 5.56 Å². The molecule has 0 radical (unpaired) electrons. The van der Waals surface area contributed by atoms with Crippen LogP contribution in [0, 0.1) is 6.92 Å². The van der Waals surface area contributed by atoms with E-state index in [1.807, 2.05) is 19.2 Å². The van der Waals surface area contributed by atoms with E-state index in [1.54, 1.807) is 24.4 Å². The van der Waals surface area contributed by atoms with Crippen molar-refractivity contribution in [1.82, 2.24) is 19.8 Å². The molecule has 9 heteroatoms. The summed E-state index contributed by atoms with van der Waals surface area (Å²) < 4.78 is 2.08. The SMILES string of the molecule is Cc1cn(C(C)C)c2ncc(C(=O)Nc3ccc4c(c3)CN(C3CCC(=O)NC3=O)C4=O)cc12. The summed E-state index contributed by atoms with van der Waals surface area (Å²) in [5.74, 6) is -1.31. The van der Waals surface area contributed by atoms with Gasteiger partial charge in [-0.1, -0.05) is 0 Å². The van der Waals surface area contributed by atoms with Crippen LogP contribution in [0.3, 0.4) is 0 Å². The fraction of sp³-hybridized carbons (Fsp3) is 0.320. The Bertz CT molecular complexity index is 1370. The van der Waals surface area contributed by atoms with E-state index < -0.39 is 11.9 Å². The molecule has 0 bridgehead atoms. The van der Waals surface area contributed by atoms with Crippen LogP contribution in [0.5, 0.6) is 0 Å². The number of carbonyl (C=O) groups is 4. The Morgan fingerprint density at radius 1 is 1.21 bits per heavy atom. The molecule has 1 atom stereocenters. The lowest BCUT2D eigenvalue weighted by Gasteiger charge is -2.29. The summed E-state index contributed by atoms with van der Waals surface area (Å²) in [7, 11) is 0. The van der Waals surface area contributed by atoms with Crippen LogP contribution in [0.15, 0.2) is 36.7 Å². The number of anilines is 1. The molecule has 1 aromatic carbocycles. The molecule has 174 valence electrons. The molecular formula is C25H25N5O4. The van der Waals surface area contributed by atoms with Crippen molar-refractivity contribution in [2.75, 3.05) is 5.32 Å². The predicted octanol–water partition coefficient (Wildman–Crippen LogP) is 2.94. The summed E-state index contributed by atoms with van der Waals surface area (Å²) in [5, 5.41) is 6.11. The third kappa shape index (κ3) is 3.63. The number of nitrogens with one attached hydrogen (secondary N) is 2. The zero-order valence-electron chi connectivity index (χ0n) is 19.2. The van der Waals surface area contributed by atoms with Crippen molar-refractivity contribution in [3.63, 3.8) is 0 Å². The van der Waals surface area contributed by atoms with Crippen LogP contribution in [-0.2, 0) is 16.1 Å². The van der Waals surface area contributed by atoms with Gasteiger partial charge in [-0.3, -0.25) is 24.5 Å². The highest BCUT2D eigenvalue weighted by Crippen LogP contribution is 2.30. The number of nitrogens with zero attached hydrogens (tertiary/aromatic N) is 3. The molecule has 4 amide bonds. The maximum atomic E-state index is 12.9.